The number of carbonyl (C=O) groups is 1. The van der Waals surface area contributed by atoms with E-state index in [1.807, 2.05) is 6.92 Å². The van der Waals surface area contributed by atoms with Crippen LogP contribution in [0.5, 0.6) is 0 Å². The first-order chi connectivity index (χ1) is 12.4. The second kappa shape index (κ2) is 10.0. The first kappa shape index (κ1) is 20.8. The highest BCUT2D eigenvalue weighted by Crippen LogP contribution is 2.16. The van der Waals surface area contributed by atoms with Gasteiger partial charge in [-0.25, -0.2) is 12.7 Å². The largest absolute Gasteiger partial charge is 0.379 e. The molecule has 0 spiro atoms. The van der Waals surface area contributed by atoms with Gasteiger partial charge >= 0.3 is 0 Å². The number of hydrogen-bond acceptors (Lipinski definition) is 5. The fourth-order valence-electron chi connectivity index (χ4n) is 2.73. The Kier molecular flexibility index (Phi) is 8.02. The number of ether oxygens (including phenoxy) is 1. The molecule has 1 N–H and O–H groups in total. The van der Waals surface area contributed by atoms with Crippen molar-refractivity contribution in [3.8, 4) is 0 Å². The number of morpholine rings is 1. The van der Waals surface area contributed by atoms with Gasteiger partial charge in [0.05, 0.1) is 18.1 Å². The van der Waals surface area contributed by atoms with Crippen molar-refractivity contribution in [2.45, 2.75) is 24.7 Å². The van der Waals surface area contributed by atoms with Crippen LogP contribution in [0.4, 0.5) is 0 Å². The van der Waals surface area contributed by atoms with Crippen molar-refractivity contribution in [2.24, 2.45) is 0 Å². The fourth-order valence-corrected chi connectivity index (χ4v) is 3.99. The molecule has 0 saturated carbocycles. The summed E-state index contributed by atoms with van der Waals surface area (Å²) in [4.78, 5) is 14.7. The minimum atomic E-state index is -3.57. The van der Waals surface area contributed by atoms with Gasteiger partial charge in [0, 0.05) is 45.3 Å². The summed E-state index contributed by atoms with van der Waals surface area (Å²) >= 11 is 0. The molecule has 1 saturated heterocycles. The normalized spacial score (nSPS) is 16.0. The Balaban J connectivity index is 1.95. The molecule has 2 rings (SSSR count). The highest BCUT2D eigenvalue weighted by atomic mass is 32.2. The zero-order valence-electron chi connectivity index (χ0n) is 15.6. The summed E-state index contributed by atoms with van der Waals surface area (Å²) < 4.78 is 31.9. The molecular formula is C18H29N3O4S. The van der Waals surface area contributed by atoms with E-state index >= 15 is 0 Å². The van der Waals surface area contributed by atoms with Gasteiger partial charge in [0.25, 0.3) is 5.91 Å². The van der Waals surface area contributed by atoms with E-state index in [1.165, 1.54) is 16.4 Å². The van der Waals surface area contributed by atoms with E-state index in [1.54, 1.807) is 19.2 Å². The number of benzene rings is 1. The second-order valence-corrected chi connectivity index (χ2v) is 8.46. The summed E-state index contributed by atoms with van der Waals surface area (Å²) in [6.07, 6.45) is 1.73. The molecular weight excluding hydrogens is 354 g/mol. The fraction of sp³-hybridized carbons (Fsp3) is 0.611. The summed E-state index contributed by atoms with van der Waals surface area (Å²) in [6, 6.07) is 6.22. The molecule has 1 aromatic rings. The Labute approximate surface area is 156 Å². The van der Waals surface area contributed by atoms with Crippen LogP contribution in [-0.2, 0) is 14.8 Å². The third-order valence-electron chi connectivity index (χ3n) is 4.45. The van der Waals surface area contributed by atoms with Crippen LogP contribution in [0.1, 0.15) is 30.1 Å². The van der Waals surface area contributed by atoms with Crippen LogP contribution in [0, 0.1) is 0 Å². The van der Waals surface area contributed by atoms with E-state index in [0.717, 1.165) is 45.7 Å². The molecule has 1 aromatic carbocycles. The molecule has 1 heterocycles. The standard InChI is InChI=1S/C18H29N3O4S/c1-3-4-9-20(2)26(23,24)17-7-5-6-16(15-17)18(22)19-8-10-21-11-13-25-14-12-21/h5-7,15H,3-4,8-14H2,1-2H3,(H,19,22). The Bertz CT molecular complexity index is 687. The zero-order valence-corrected chi connectivity index (χ0v) is 16.4. The molecule has 1 aliphatic rings. The third kappa shape index (κ3) is 5.77. The van der Waals surface area contributed by atoms with Gasteiger partial charge < -0.3 is 10.1 Å². The monoisotopic (exact) mass is 383 g/mol. The Morgan fingerprint density at radius 2 is 2.04 bits per heavy atom. The summed E-state index contributed by atoms with van der Waals surface area (Å²) in [5.41, 5.74) is 0.358. The zero-order chi connectivity index (χ0) is 19.0. The van der Waals surface area contributed by atoms with Crippen LogP contribution in [-0.4, -0.2) is 76.5 Å². The van der Waals surface area contributed by atoms with Crippen LogP contribution < -0.4 is 5.32 Å². The summed E-state index contributed by atoms with van der Waals surface area (Å²) in [6.45, 7) is 6.94. The lowest BCUT2D eigenvalue weighted by atomic mass is 10.2. The van der Waals surface area contributed by atoms with Gasteiger partial charge in [0.2, 0.25) is 10.0 Å². The van der Waals surface area contributed by atoms with E-state index in [0.29, 0.717) is 18.7 Å². The topological polar surface area (TPSA) is 79.0 Å². The van der Waals surface area contributed by atoms with Crippen LogP contribution in [0.25, 0.3) is 0 Å². The lowest BCUT2D eigenvalue weighted by molar-refractivity contribution is 0.0383. The lowest BCUT2D eigenvalue weighted by Crippen LogP contribution is -2.41. The average molecular weight is 384 g/mol. The number of amides is 1. The molecule has 7 nitrogen and oxygen atoms in total. The number of hydrogen-bond donors (Lipinski definition) is 1. The van der Waals surface area contributed by atoms with E-state index in [2.05, 4.69) is 10.2 Å². The van der Waals surface area contributed by atoms with Crippen molar-refractivity contribution < 1.29 is 17.9 Å². The van der Waals surface area contributed by atoms with Gasteiger partial charge in [-0.15, -0.1) is 0 Å². The average Bonchev–Trinajstić information content (AvgIpc) is 2.66. The van der Waals surface area contributed by atoms with Crippen molar-refractivity contribution in [3.63, 3.8) is 0 Å². The van der Waals surface area contributed by atoms with Gasteiger partial charge in [-0.05, 0) is 24.6 Å². The smallest absolute Gasteiger partial charge is 0.251 e. The number of nitrogens with one attached hydrogen (secondary N) is 1. The van der Waals surface area contributed by atoms with Crippen LogP contribution >= 0.6 is 0 Å². The third-order valence-corrected chi connectivity index (χ3v) is 6.30. The molecule has 8 heteroatoms. The second-order valence-electron chi connectivity index (χ2n) is 6.42. The lowest BCUT2D eigenvalue weighted by Gasteiger charge is -2.26. The predicted molar refractivity (Wildman–Crippen MR) is 101 cm³/mol. The van der Waals surface area contributed by atoms with E-state index in [4.69, 9.17) is 4.74 Å². The number of carbonyl (C=O) groups excluding carboxylic acids is 1. The minimum absolute atomic E-state index is 0.150. The summed E-state index contributed by atoms with van der Waals surface area (Å²) in [5.74, 6) is -0.258. The number of rotatable bonds is 9. The van der Waals surface area contributed by atoms with Gasteiger partial charge in [0.15, 0.2) is 0 Å². The van der Waals surface area contributed by atoms with Crippen molar-refractivity contribution in [1.82, 2.24) is 14.5 Å². The Morgan fingerprint density at radius 3 is 2.73 bits per heavy atom. The molecule has 0 radical (unpaired) electrons. The highest BCUT2D eigenvalue weighted by molar-refractivity contribution is 7.89. The number of nitrogens with zero attached hydrogens (tertiary/aromatic N) is 2. The molecule has 0 aliphatic carbocycles. The maximum Gasteiger partial charge on any atom is 0.251 e. The molecule has 1 aliphatic heterocycles. The quantitative estimate of drug-likeness (QED) is 0.693. The first-order valence-electron chi connectivity index (χ1n) is 9.10. The number of unbranched alkanes of at least 4 members (excludes halogenated alkanes) is 1. The summed E-state index contributed by atoms with van der Waals surface area (Å²) in [7, 11) is -2.00. The molecule has 1 fully saturated rings. The molecule has 1 amide bonds. The molecule has 0 aromatic heterocycles. The van der Waals surface area contributed by atoms with Crippen molar-refractivity contribution in [3.05, 3.63) is 29.8 Å². The Hall–Kier alpha value is -1.48. The molecule has 0 bridgehead atoms. The van der Waals surface area contributed by atoms with E-state index in [-0.39, 0.29) is 10.8 Å². The van der Waals surface area contributed by atoms with Crippen LogP contribution in [0.3, 0.4) is 0 Å². The van der Waals surface area contributed by atoms with Gasteiger partial charge in [-0.1, -0.05) is 19.4 Å². The molecule has 0 unspecified atom stereocenters. The SMILES string of the molecule is CCCCN(C)S(=O)(=O)c1cccc(C(=O)NCCN2CCOCC2)c1. The van der Waals surface area contributed by atoms with Crippen molar-refractivity contribution in [2.75, 3.05) is 53.0 Å². The van der Waals surface area contributed by atoms with Gasteiger partial charge in [0.1, 0.15) is 0 Å². The van der Waals surface area contributed by atoms with E-state index < -0.39 is 10.0 Å². The van der Waals surface area contributed by atoms with Gasteiger partial charge in [-0.3, -0.25) is 9.69 Å². The summed E-state index contributed by atoms with van der Waals surface area (Å²) in [5, 5.41) is 2.86. The van der Waals surface area contributed by atoms with Crippen molar-refractivity contribution >= 4 is 15.9 Å². The van der Waals surface area contributed by atoms with Crippen molar-refractivity contribution in [1.29, 1.82) is 0 Å². The maximum atomic E-state index is 12.6. The highest BCUT2D eigenvalue weighted by Gasteiger charge is 2.21. The predicted octanol–water partition coefficient (Wildman–Crippen LogP) is 1.17. The van der Waals surface area contributed by atoms with Crippen LogP contribution in [0.2, 0.25) is 0 Å². The maximum absolute atomic E-state index is 12.6. The molecule has 26 heavy (non-hydrogen) atoms. The minimum Gasteiger partial charge on any atom is -0.379 e. The first-order valence-corrected chi connectivity index (χ1v) is 10.5. The van der Waals surface area contributed by atoms with Crippen LogP contribution in [0.15, 0.2) is 29.2 Å². The molecule has 146 valence electrons. The van der Waals surface area contributed by atoms with Gasteiger partial charge in [-0.2, -0.15) is 0 Å². The number of sulfonamides is 1. The Morgan fingerprint density at radius 1 is 1.31 bits per heavy atom. The van der Waals surface area contributed by atoms with E-state index in [9.17, 15) is 13.2 Å². The molecule has 0 atom stereocenters.